The Bertz CT molecular complexity index is 502. The average molecular weight is 277 g/mol. The van der Waals surface area contributed by atoms with Crippen LogP contribution in [0.25, 0.3) is 0 Å². The summed E-state index contributed by atoms with van der Waals surface area (Å²) in [7, 11) is 0. The van der Waals surface area contributed by atoms with Gasteiger partial charge >= 0.3 is 0 Å². The molecule has 0 amide bonds. The van der Waals surface area contributed by atoms with Crippen molar-refractivity contribution in [2.45, 2.75) is 25.8 Å². The van der Waals surface area contributed by atoms with Crippen molar-refractivity contribution in [3.05, 3.63) is 51.8 Å². The average Bonchev–Trinajstić information content (AvgIpc) is 2.86. The summed E-state index contributed by atoms with van der Waals surface area (Å²) in [5, 5.41) is 4.66. The van der Waals surface area contributed by atoms with Crippen molar-refractivity contribution in [1.29, 1.82) is 0 Å². The summed E-state index contributed by atoms with van der Waals surface area (Å²) in [5.41, 5.74) is 3.99. The van der Waals surface area contributed by atoms with Gasteiger partial charge in [0.25, 0.3) is 0 Å². The minimum atomic E-state index is 0.856. The number of aromatic nitrogens is 2. The predicted octanol–water partition coefficient (Wildman–Crippen LogP) is 3.18. The summed E-state index contributed by atoms with van der Waals surface area (Å²) in [5.74, 6) is 0. The van der Waals surface area contributed by atoms with Crippen LogP contribution in [-0.4, -0.2) is 9.78 Å². The minimum absolute atomic E-state index is 0.856. The Labute approximate surface area is 103 Å². The molecule has 1 aliphatic rings. The van der Waals surface area contributed by atoms with Gasteiger partial charge in [0.1, 0.15) is 4.60 Å². The van der Waals surface area contributed by atoms with Crippen molar-refractivity contribution in [2.75, 3.05) is 0 Å². The van der Waals surface area contributed by atoms with Gasteiger partial charge in [-0.05, 0) is 40.8 Å². The van der Waals surface area contributed by atoms with E-state index in [0.717, 1.165) is 13.0 Å². The molecule has 0 saturated carbocycles. The van der Waals surface area contributed by atoms with Crippen LogP contribution < -0.4 is 0 Å². The first-order chi connectivity index (χ1) is 7.84. The predicted molar refractivity (Wildman–Crippen MR) is 67.5 cm³/mol. The number of halogens is 1. The summed E-state index contributed by atoms with van der Waals surface area (Å²) in [6.45, 7) is 0.856. The molecule has 2 aromatic rings. The maximum atomic E-state index is 4.66. The van der Waals surface area contributed by atoms with E-state index in [0.29, 0.717) is 0 Å². The van der Waals surface area contributed by atoms with E-state index < -0.39 is 0 Å². The van der Waals surface area contributed by atoms with Crippen LogP contribution in [0, 0.1) is 0 Å². The summed E-state index contributed by atoms with van der Waals surface area (Å²) in [6.07, 6.45) is 3.56. The number of rotatable bonds is 2. The van der Waals surface area contributed by atoms with E-state index in [1.807, 2.05) is 6.07 Å². The molecule has 0 N–H and O–H groups in total. The van der Waals surface area contributed by atoms with Gasteiger partial charge in [-0.25, -0.2) is 0 Å². The molecule has 0 saturated heterocycles. The fourth-order valence-corrected chi connectivity index (χ4v) is 2.90. The van der Waals surface area contributed by atoms with Crippen LogP contribution in [0.3, 0.4) is 0 Å². The molecule has 1 aliphatic carbocycles. The molecule has 3 rings (SSSR count). The van der Waals surface area contributed by atoms with Gasteiger partial charge in [0.05, 0.1) is 12.2 Å². The topological polar surface area (TPSA) is 17.8 Å². The molecule has 2 nitrogen and oxygen atoms in total. The molecular formula is C13H13BrN2. The lowest BCUT2D eigenvalue weighted by atomic mass is 10.2. The van der Waals surface area contributed by atoms with Crippen molar-refractivity contribution in [3.8, 4) is 0 Å². The lowest BCUT2D eigenvalue weighted by molar-refractivity contribution is 0.649. The van der Waals surface area contributed by atoms with Gasteiger partial charge in [0, 0.05) is 5.56 Å². The van der Waals surface area contributed by atoms with Crippen molar-refractivity contribution in [2.24, 2.45) is 0 Å². The molecule has 0 bridgehead atoms. The first-order valence-corrected chi connectivity index (χ1v) is 6.42. The molecule has 1 aromatic carbocycles. The van der Waals surface area contributed by atoms with E-state index in [1.54, 1.807) is 0 Å². The smallest absolute Gasteiger partial charge is 0.107 e. The van der Waals surface area contributed by atoms with Gasteiger partial charge in [-0.15, -0.1) is 0 Å². The maximum Gasteiger partial charge on any atom is 0.107 e. The fourth-order valence-electron chi connectivity index (χ4n) is 2.27. The SMILES string of the molecule is Brc1c2c(nn1Cc1ccccc1)CCC2. The standard InChI is InChI=1S/C13H13BrN2/c14-13-11-7-4-8-12(11)15-16(13)9-10-5-2-1-3-6-10/h1-3,5-6H,4,7-9H2. The number of benzene rings is 1. The highest BCUT2D eigenvalue weighted by Crippen LogP contribution is 2.29. The molecule has 82 valence electrons. The van der Waals surface area contributed by atoms with Crippen LogP contribution >= 0.6 is 15.9 Å². The second kappa shape index (κ2) is 4.06. The van der Waals surface area contributed by atoms with Gasteiger partial charge in [0.15, 0.2) is 0 Å². The lowest BCUT2D eigenvalue weighted by Gasteiger charge is -2.04. The zero-order valence-corrected chi connectivity index (χ0v) is 10.6. The second-order valence-corrected chi connectivity index (χ2v) is 4.96. The number of hydrogen-bond donors (Lipinski definition) is 0. The van der Waals surface area contributed by atoms with E-state index >= 15 is 0 Å². The van der Waals surface area contributed by atoms with E-state index in [9.17, 15) is 0 Å². The summed E-state index contributed by atoms with van der Waals surface area (Å²) in [6, 6.07) is 10.5. The summed E-state index contributed by atoms with van der Waals surface area (Å²) < 4.78 is 3.24. The Morgan fingerprint density at radius 3 is 2.75 bits per heavy atom. The van der Waals surface area contributed by atoms with Gasteiger partial charge in [-0.3, -0.25) is 4.68 Å². The Kier molecular flexibility index (Phi) is 2.56. The Morgan fingerprint density at radius 2 is 2.00 bits per heavy atom. The summed E-state index contributed by atoms with van der Waals surface area (Å²) >= 11 is 3.66. The number of nitrogens with zero attached hydrogens (tertiary/aromatic N) is 2. The van der Waals surface area contributed by atoms with Crippen molar-refractivity contribution < 1.29 is 0 Å². The van der Waals surface area contributed by atoms with Gasteiger partial charge < -0.3 is 0 Å². The molecule has 0 atom stereocenters. The molecular weight excluding hydrogens is 264 g/mol. The Hall–Kier alpha value is -1.09. The van der Waals surface area contributed by atoms with Crippen LogP contribution in [0.1, 0.15) is 23.2 Å². The van der Waals surface area contributed by atoms with E-state index in [4.69, 9.17) is 0 Å². The van der Waals surface area contributed by atoms with Crippen molar-refractivity contribution in [1.82, 2.24) is 9.78 Å². The zero-order valence-electron chi connectivity index (χ0n) is 8.99. The maximum absolute atomic E-state index is 4.66. The molecule has 16 heavy (non-hydrogen) atoms. The van der Waals surface area contributed by atoms with Gasteiger partial charge in [-0.2, -0.15) is 5.10 Å². The largest absolute Gasteiger partial charge is 0.253 e. The molecule has 0 radical (unpaired) electrons. The van der Waals surface area contributed by atoms with Crippen LogP contribution in [0.4, 0.5) is 0 Å². The van der Waals surface area contributed by atoms with Gasteiger partial charge in [-0.1, -0.05) is 30.3 Å². The zero-order chi connectivity index (χ0) is 11.0. The third-order valence-corrected chi connectivity index (χ3v) is 3.97. The third kappa shape index (κ3) is 1.69. The van der Waals surface area contributed by atoms with Crippen LogP contribution in [0.2, 0.25) is 0 Å². The minimum Gasteiger partial charge on any atom is -0.253 e. The third-order valence-electron chi connectivity index (χ3n) is 3.08. The molecule has 3 heteroatoms. The van der Waals surface area contributed by atoms with Crippen molar-refractivity contribution >= 4 is 15.9 Å². The van der Waals surface area contributed by atoms with Crippen LogP contribution in [-0.2, 0) is 19.4 Å². The molecule has 1 aromatic heterocycles. The summed E-state index contributed by atoms with van der Waals surface area (Å²) in [4.78, 5) is 0. The number of hydrogen-bond acceptors (Lipinski definition) is 1. The van der Waals surface area contributed by atoms with Crippen LogP contribution in [0.15, 0.2) is 34.9 Å². The molecule has 0 fully saturated rings. The highest BCUT2D eigenvalue weighted by molar-refractivity contribution is 9.10. The molecule has 0 unspecified atom stereocenters. The first kappa shape index (κ1) is 10.1. The Balaban J connectivity index is 1.91. The van der Waals surface area contributed by atoms with E-state index in [1.165, 1.54) is 34.3 Å². The van der Waals surface area contributed by atoms with Gasteiger partial charge in [0.2, 0.25) is 0 Å². The second-order valence-electron chi connectivity index (χ2n) is 4.21. The lowest BCUT2D eigenvalue weighted by Crippen LogP contribution is -2.03. The molecule has 0 spiro atoms. The van der Waals surface area contributed by atoms with E-state index in [2.05, 4.69) is 50.0 Å². The highest BCUT2D eigenvalue weighted by atomic mass is 79.9. The first-order valence-electron chi connectivity index (χ1n) is 5.62. The highest BCUT2D eigenvalue weighted by Gasteiger charge is 2.20. The quantitative estimate of drug-likeness (QED) is 0.824. The Morgan fingerprint density at radius 1 is 1.19 bits per heavy atom. The van der Waals surface area contributed by atoms with E-state index in [-0.39, 0.29) is 0 Å². The monoisotopic (exact) mass is 276 g/mol. The molecule has 0 aliphatic heterocycles. The van der Waals surface area contributed by atoms with Crippen molar-refractivity contribution in [3.63, 3.8) is 0 Å². The van der Waals surface area contributed by atoms with Crippen LogP contribution in [0.5, 0.6) is 0 Å². The molecule has 1 heterocycles. The number of aryl methyl sites for hydroxylation is 1. The number of fused-ring (bicyclic) bond motifs is 1. The fraction of sp³-hybridized carbons (Fsp3) is 0.308. The normalized spacial score (nSPS) is 14.1.